The summed E-state index contributed by atoms with van der Waals surface area (Å²) in [4.78, 5) is 2.47. The van der Waals surface area contributed by atoms with Crippen molar-refractivity contribution in [3.05, 3.63) is 34.9 Å². The van der Waals surface area contributed by atoms with E-state index >= 15 is 0 Å². The van der Waals surface area contributed by atoms with Crippen molar-refractivity contribution in [2.24, 2.45) is 11.7 Å². The third-order valence-electron chi connectivity index (χ3n) is 4.13. The summed E-state index contributed by atoms with van der Waals surface area (Å²) in [5.41, 5.74) is 9.71. The molecule has 2 nitrogen and oxygen atoms in total. The molecule has 1 aromatic carbocycles. The summed E-state index contributed by atoms with van der Waals surface area (Å²) in [5.74, 6) is 0.929. The van der Waals surface area contributed by atoms with Crippen LogP contribution in [0.2, 0.25) is 0 Å². The van der Waals surface area contributed by atoms with Crippen molar-refractivity contribution in [3.8, 4) is 0 Å². The first kappa shape index (κ1) is 13.6. The molecule has 0 heterocycles. The van der Waals surface area contributed by atoms with Crippen LogP contribution in [0.25, 0.3) is 0 Å². The highest BCUT2D eigenvalue weighted by atomic mass is 15.1. The van der Waals surface area contributed by atoms with E-state index in [1.807, 2.05) is 0 Å². The van der Waals surface area contributed by atoms with Crippen LogP contribution < -0.4 is 5.73 Å². The first-order valence-corrected chi connectivity index (χ1v) is 7.16. The maximum atomic E-state index is 5.67. The maximum absolute atomic E-state index is 5.67. The number of rotatable bonds is 5. The molecule has 1 fully saturated rings. The lowest BCUT2D eigenvalue weighted by atomic mass is 10.0. The molecule has 1 saturated carbocycles. The van der Waals surface area contributed by atoms with Crippen molar-refractivity contribution in [1.82, 2.24) is 4.90 Å². The second-order valence-electron chi connectivity index (χ2n) is 5.81. The summed E-state index contributed by atoms with van der Waals surface area (Å²) < 4.78 is 0. The van der Waals surface area contributed by atoms with Crippen LogP contribution in [0.1, 0.15) is 42.4 Å². The average molecular weight is 246 g/mol. The van der Waals surface area contributed by atoms with Crippen molar-refractivity contribution in [2.75, 3.05) is 13.6 Å². The second-order valence-corrected chi connectivity index (χ2v) is 5.81. The third-order valence-corrected chi connectivity index (χ3v) is 4.13. The Morgan fingerprint density at radius 1 is 1.28 bits per heavy atom. The van der Waals surface area contributed by atoms with Gasteiger partial charge in [0.2, 0.25) is 0 Å². The van der Waals surface area contributed by atoms with Crippen molar-refractivity contribution in [3.63, 3.8) is 0 Å². The first-order chi connectivity index (χ1) is 8.69. The van der Waals surface area contributed by atoms with Gasteiger partial charge in [0.15, 0.2) is 0 Å². The van der Waals surface area contributed by atoms with E-state index in [2.05, 4.69) is 37.1 Å². The van der Waals surface area contributed by atoms with Crippen LogP contribution in [-0.2, 0) is 13.1 Å². The Kier molecular flexibility index (Phi) is 4.79. The Morgan fingerprint density at radius 3 is 2.61 bits per heavy atom. The predicted octanol–water partition coefficient (Wildman–Crippen LogP) is 3.08. The Labute approximate surface area is 111 Å². The fraction of sp³-hybridized carbons (Fsp3) is 0.625. The molecule has 1 aromatic rings. The molecule has 100 valence electrons. The monoisotopic (exact) mass is 246 g/mol. The zero-order chi connectivity index (χ0) is 13.0. The minimum absolute atomic E-state index is 0.638. The summed E-state index contributed by atoms with van der Waals surface area (Å²) in [7, 11) is 2.24. The summed E-state index contributed by atoms with van der Waals surface area (Å²) >= 11 is 0. The van der Waals surface area contributed by atoms with Gasteiger partial charge in [0, 0.05) is 19.6 Å². The van der Waals surface area contributed by atoms with Crippen LogP contribution in [-0.4, -0.2) is 18.5 Å². The number of nitrogens with two attached hydrogens (primary N) is 1. The molecule has 1 aliphatic rings. The van der Waals surface area contributed by atoms with Gasteiger partial charge >= 0.3 is 0 Å². The second kappa shape index (κ2) is 6.35. The molecule has 2 rings (SSSR count). The van der Waals surface area contributed by atoms with Crippen LogP contribution >= 0.6 is 0 Å². The molecule has 0 spiro atoms. The lowest BCUT2D eigenvalue weighted by Crippen LogP contribution is -2.24. The first-order valence-electron chi connectivity index (χ1n) is 7.16. The minimum atomic E-state index is 0.638. The highest BCUT2D eigenvalue weighted by Gasteiger charge is 2.17. The van der Waals surface area contributed by atoms with Crippen molar-refractivity contribution < 1.29 is 0 Å². The van der Waals surface area contributed by atoms with E-state index in [0.29, 0.717) is 6.54 Å². The normalized spacial score (nSPS) is 16.7. The Hall–Kier alpha value is -0.860. The standard InChI is InChI=1S/C16H26N2/c1-13-9-15(10-17)7-8-16(13)12-18(2)11-14-5-3-4-6-14/h7-9,14H,3-6,10-12,17H2,1-2H3. The van der Waals surface area contributed by atoms with E-state index < -0.39 is 0 Å². The molecule has 2 heteroatoms. The lowest BCUT2D eigenvalue weighted by Gasteiger charge is -2.22. The number of hydrogen-bond donors (Lipinski definition) is 1. The zero-order valence-corrected chi connectivity index (χ0v) is 11.8. The SMILES string of the molecule is Cc1cc(CN)ccc1CN(C)CC1CCCC1. The molecule has 0 amide bonds. The Morgan fingerprint density at radius 2 is 2.00 bits per heavy atom. The average Bonchev–Trinajstić information content (AvgIpc) is 2.84. The number of benzene rings is 1. The van der Waals surface area contributed by atoms with Gasteiger partial charge in [0.05, 0.1) is 0 Å². The van der Waals surface area contributed by atoms with E-state index in [4.69, 9.17) is 5.73 Å². The van der Waals surface area contributed by atoms with Crippen molar-refractivity contribution in [1.29, 1.82) is 0 Å². The predicted molar refractivity (Wildman–Crippen MR) is 77.4 cm³/mol. The quantitative estimate of drug-likeness (QED) is 0.865. The van der Waals surface area contributed by atoms with Crippen molar-refractivity contribution in [2.45, 2.75) is 45.7 Å². The number of aryl methyl sites for hydroxylation is 1. The molecule has 0 aromatic heterocycles. The van der Waals surface area contributed by atoms with Gasteiger partial charge in [-0.05, 0) is 49.4 Å². The highest BCUT2D eigenvalue weighted by Crippen LogP contribution is 2.25. The Balaban J connectivity index is 1.91. The van der Waals surface area contributed by atoms with Crippen LogP contribution in [0.3, 0.4) is 0 Å². The molecular formula is C16H26N2. The third kappa shape index (κ3) is 3.56. The van der Waals surface area contributed by atoms with E-state index in [9.17, 15) is 0 Å². The lowest BCUT2D eigenvalue weighted by molar-refractivity contribution is 0.271. The largest absolute Gasteiger partial charge is 0.326 e. The zero-order valence-electron chi connectivity index (χ0n) is 11.8. The summed E-state index contributed by atoms with van der Waals surface area (Å²) in [6, 6.07) is 6.62. The Bertz CT molecular complexity index is 381. The van der Waals surface area contributed by atoms with Gasteiger partial charge < -0.3 is 10.6 Å². The molecule has 0 aliphatic heterocycles. The van der Waals surface area contributed by atoms with Gasteiger partial charge in [-0.15, -0.1) is 0 Å². The van der Waals surface area contributed by atoms with Gasteiger partial charge in [0.25, 0.3) is 0 Å². The summed E-state index contributed by atoms with van der Waals surface area (Å²) in [6.07, 6.45) is 5.72. The smallest absolute Gasteiger partial charge is 0.0233 e. The van der Waals surface area contributed by atoms with Crippen LogP contribution in [0.15, 0.2) is 18.2 Å². The molecule has 18 heavy (non-hydrogen) atoms. The van der Waals surface area contributed by atoms with Gasteiger partial charge in [-0.2, -0.15) is 0 Å². The molecule has 0 bridgehead atoms. The molecule has 1 aliphatic carbocycles. The highest BCUT2D eigenvalue weighted by molar-refractivity contribution is 5.30. The van der Waals surface area contributed by atoms with E-state index in [1.54, 1.807) is 0 Å². The fourth-order valence-electron chi connectivity index (χ4n) is 3.05. The summed E-state index contributed by atoms with van der Waals surface area (Å²) in [6.45, 7) is 5.14. The topological polar surface area (TPSA) is 29.3 Å². The molecule has 0 radical (unpaired) electrons. The van der Waals surface area contributed by atoms with Gasteiger partial charge in [0.1, 0.15) is 0 Å². The number of hydrogen-bond acceptors (Lipinski definition) is 2. The molecule has 0 saturated heterocycles. The summed E-state index contributed by atoms with van der Waals surface area (Å²) in [5, 5.41) is 0. The maximum Gasteiger partial charge on any atom is 0.0233 e. The van der Waals surface area contributed by atoms with Crippen LogP contribution in [0.4, 0.5) is 0 Å². The van der Waals surface area contributed by atoms with Gasteiger partial charge in [-0.1, -0.05) is 31.0 Å². The van der Waals surface area contributed by atoms with Crippen LogP contribution in [0.5, 0.6) is 0 Å². The van der Waals surface area contributed by atoms with Gasteiger partial charge in [-0.3, -0.25) is 0 Å². The van der Waals surface area contributed by atoms with Gasteiger partial charge in [-0.25, -0.2) is 0 Å². The molecule has 0 unspecified atom stereocenters. The fourth-order valence-corrected chi connectivity index (χ4v) is 3.05. The van der Waals surface area contributed by atoms with Crippen molar-refractivity contribution >= 4 is 0 Å². The van der Waals surface area contributed by atoms with E-state index in [-0.39, 0.29) is 0 Å². The van der Waals surface area contributed by atoms with E-state index in [0.717, 1.165) is 12.5 Å². The molecule has 2 N–H and O–H groups in total. The van der Waals surface area contributed by atoms with E-state index in [1.165, 1.54) is 48.9 Å². The number of nitrogens with zero attached hydrogens (tertiary/aromatic N) is 1. The molecule has 0 atom stereocenters. The minimum Gasteiger partial charge on any atom is -0.326 e. The van der Waals surface area contributed by atoms with Crippen LogP contribution in [0, 0.1) is 12.8 Å². The molecular weight excluding hydrogens is 220 g/mol.